The van der Waals surface area contributed by atoms with Crippen LogP contribution < -0.4 is 0 Å². The van der Waals surface area contributed by atoms with Crippen molar-refractivity contribution in [2.75, 3.05) is 13.2 Å². The van der Waals surface area contributed by atoms with E-state index in [1.54, 1.807) is 0 Å². The molecule has 2 fully saturated rings. The third-order valence-corrected chi connectivity index (χ3v) is 29.5. The molecule has 2 aliphatic rings. The molecule has 2 rings (SSSR count). The van der Waals surface area contributed by atoms with Gasteiger partial charge in [0.1, 0.15) is 0 Å². The smallest absolute Gasteiger partial charge is 0.151 e. The van der Waals surface area contributed by atoms with Gasteiger partial charge in [-0.15, -0.1) is 0 Å². The molecule has 0 aromatic heterocycles. The number of rotatable bonds is 6. The molecule has 7 heteroatoms. The minimum Gasteiger partial charge on any atom is -0.382 e. The largest absolute Gasteiger partial charge is 0.382 e. The second-order valence-electron chi connectivity index (χ2n) is 8.89. The number of hydrogen-bond acceptors (Lipinski definition) is 3. The molecule has 0 spiro atoms. The molecule has 0 aromatic rings. The van der Waals surface area contributed by atoms with Gasteiger partial charge in [0.05, 0.1) is 33.8 Å². The summed E-state index contributed by atoms with van der Waals surface area (Å²) in [5.74, 6) is 0. The van der Waals surface area contributed by atoms with Gasteiger partial charge in [-0.2, -0.15) is 0 Å². The minimum atomic E-state index is -2.13. The first-order chi connectivity index (χ1) is 11.2. The van der Waals surface area contributed by atoms with Crippen molar-refractivity contribution in [1.82, 2.24) is 0 Å². The first-order valence-electron chi connectivity index (χ1n) is 10.0. The molecule has 24 heavy (non-hydrogen) atoms. The first kappa shape index (κ1) is 20.8. The van der Waals surface area contributed by atoms with Gasteiger partial charge < -0.3 is 14.3 Å². The Morgan fingerprint density at radius 1 is 0.792 bits per heavy atom. The van der Waals surface area contributed by atoms with Crippen LogP contribution in [0.15, 0.2) is 0 Å². The van der Waals surface area contributed by atoms with E-state index in [0.29, 0.717) is 5.03 Å². The Labute approximate surface area is 155 Å². The van der Waals surface area contributed by atoms with Crippen LogP contribution in [0.25, 0.3) is 0 Å². The predicted octanol–water partition coefficient (Wildman–Crippen LogP) is 2.99. The van der Waals surface area contributed by atoms with Crippen molar-refractivity contribution in [3.8, 4) is 0 Å². The molecule has 2 heterocycles. The average molecular weight is 403 g/mol. The number of hydrogen-bond donors (Lipinski definition) is 0. The molecule has 0 aromatic carbocycles. The lowest BCUT2D eigenvalue weighted by Crippen LogP contribution is -2.75. The topological polar surface area (TPSA) is 35.5 Å². The highest BCUT2D eigenvalue weighted by molar-refractivity contribution is 7.35. The highest BCUT2D eigenvalue weighted by atomic mass is 28.4. The van der Waals surface area contributed by atoms with Crippen molar-refractivity contribution in [1.29, 1.82) is 0 Å². The zero-order valence-electron chi connectivity index (χ0n) is 16.8. The fraction of sp³-hybridized carbons (Fsp3) is 0.941. The molecular formula is C17H38O3Si4. The van der Waals surface area contributed by atoms with Gasteiger partial charge in [-0.3, -0.25) is 0 Å². The number of carbonyl (C=O) groups is 1. The Hall–Kier alpha value is 0.458. The van der Waals surface area contributed by atoms with E-state index in [-0.39, 0.29) is 28.7 Å². The fourth-order valence-corrected chi connectivity index (χ4v) is 27.3. The van der Waals surface area contributed by atoms with Gasteiger partial charge in [0, 0.05) is 13.2 Å². The Morgan fingerprint density at radius 3 is 1.42 bits per heavy atom. The van der Waals surface area contributed by atoms with Crippen molar-refractivity contribution in [3.05, 3.63) is 0 Å². The Balaban J connectivity index is 2.36. The van der Waals surface area contributed by atoms with Gasteiger partial charge in [0.25, 0.3) is 0 Å². The van der Waals surface area contributed by atoms with Gasteiger partial charge in [-0.05, 0) is 38.5 Å². The molecular weight excluding hydrogens is 365 g/mol. The average Bonchev–Trinajstić information content (AvgIpc) is 2.61. The lowest BCUT2D eigenvalue weighted by atomic mass is 10.2. The van der Waals surface area contributed by atoms with E-state index in [1.165, 1.54) is 25.7 Å². The van der Waals surface area contributed by atoms with Gasteiger partial charge in [0.15, 0.2) is 16.1 Å². The van der Waals surface area contributed by atoms with Crippen LogP contribution in [-0.4, -0.2) is 63.1 Å². The summed E-state index contributed by atoms with van der Waals surface area (Å²) in [6.07, 6.45) is 7.12. The third kappa shape index (κ3) is 3.24. The Bertz CT molecular complexity index is 413. The normalized spacial score (nSPS) is 33.6. The Morgan fingerprint density at radius 2 is 1.17 bits per heavy atom. The summed E-state index contributed by atoms with van der Waals surface area (Å²) in [5, 5.41) is 0.655. The molecule has 2 saturated heterocycles. The highest BCUT2D eigenvalue weighted by Crippen LogP contribution is 2.41. The van der Waals surface area contributed by atoms with Gasteiger partial charge >= 0.3 is 0 Å². The van der Waals surface area contributed by atoms with Crippen molar-refractivity contribution in [2.45, 2.75) is 87.5 Å². The first-order valence-corrected chi connectivity index (χ1v) is 20.3. The maximum absolute atomic E-state index is 14.0. The molecule has 0 bridgehead atoms. The molecule has 0 radical (unpaired) electrons. The monoisotopic (exact) mass is 402 g/mol. The minimum absolute atomic E-state index is 0.00223. The maximum Gasteiger partial charge on any atom is 0.151 e. The lowest BCUT2D eigenvalue weighted by Gasteiger charge is -2.53. The van der Waals surface area contributed by atoms with Crippen molar-refractivity contribution in [3.63, 3.8) is 0 Å². The molecule has 0 N–H and O–H groups in total. The summed E-state index contributed by atoms with van der Waals surface area (Å²) < 4.78 is 12.9. The summed E-state index contributed by atoms with van der Waals surface area (Å²) in [7, 11) is -5.04. The van der Waals surface area contributed by atoms with E-state index in [1.807, 2.05) is 0 Å². The SMILES string of the molecule is C[SiH2]C1([Si](C)(C)C(=O)[Si](C)(C)C2([SiH2]C)CCCCO2)CCCCO1. The van der Waals surface area contributed by atoms with E-state index < -0.39 is 16.1 Å². The molecule has 2 atom stereocenters. The lowest BCUT2D eigenvalue weighted by molar-refractivity contribution is 0.0269. The summed E-state index contributed by atoms with van der Waals surface area (Å²) in [4.78, 5) is 14.0. The van der Waals surface area contributed by atoms with Crippen LogP contribution in [0.3, 0.4) is 0 Å². The van der Waals surface area contributed by atoms with Crippen LogP contribution in [0.2, 0.25) is 39.3 Å². The summed E-state index contributed by atoms with van der Waals surface area (Å²) in [5.41, 5.74) is 0. The molecule has 2 unspecified atom stereocenters. The quantitative estimate of drug-likeness (QED) is 0.641. The van der Waals surface area contributed by atoms with Crippen molar-refractivity contribution < 1.29 is 14.3 Å². The van der Waals surface area contributed by atoms with Gasteiger partial charge in [-0.1, -0.05) is 39.3 Å². The third-order valence-electron chi connectivity index (χ3n) is 7.26. The molecule has 0 amide bonds. The molecule has 0 saturated carbocycles. The molecule has 3 nitrogen and oxygen atoms in total. The molecule has 140 valence electrons. The van der Waals surface area contributed by atoms with Crippen LogP contribution in [-0.2, 0) is 9.47 Å². The van der Waals surface area contributed by atoms with Crippen LogP contribution in [0.5, 0.6) is 0 Å². The maximum atomic E-state index is 14.0. The van der Waals surface area contributed by atoms with E-state index >= 15 is 0 Å². The fourth-order valence-electron chi connectivity index (χ4n) is 5.33. The van der Waals surface area contributed by atoms with Crippen LogP contribution in [0.4, 0.5) is 4.79 Å². The summed E-state index contributed by atoms with van der Waals surface area (Å²) in [6, 6.07) is 0. The molecule has 0 aliphatic carbocycles. The van der Waals surface area contributed by atoms with E-state index in [9.17, 15) is 4.79 Å². The van der Waals surface area contributed by atoms with Gasteiger partial charge in [0.2, 0.25) is 0 Å². The number of ether oxygens (including phenoxy) is 2. The van der Waals surface area contributed by atoms with E-state index in [0.717, 1.165) is 26.1 Å². The zero-order chi connectivity index (χ0) is 18.1. The second-order valence-corrected chi connectivity index (χ2v) is 23.7. The van der Waals surface area contributed by atoms with Crippen LogP contribution in [0.1, 0.15) is 38.5 Å². The van der Waals surface area contributed by atoms with Gasteiger partial charge in [-0.25, -0.2) is 0 Å². The van der Waals surface area contributed by atoms with Crippen LogP contribution >= 0.6 is 0 Å². The highest BCUT2D eigenvalue weighted by Gasteiger charge is 2.61. The predicted molar refractivity (Wildman–Crippen MR) is 114 cm³/mol. The van der Waals surface area contributed by atoms with Crippen molar-refractivity contribution >= 4 is 40.2 Å². The number of carbonyl (C=O) groups excluding carboxylic acids is 1. The Kier molecular flexibility index (Phi) is 6.57. The summed E-state index contributed by atoms with van der Waals surface area (Å²) in [6.45, 7) is 15.8. The van der Waals surface area contributed by atoms with E-state index in [2.05, 4.69) is 39.3 Å². The second kappa shape index (κ2) is 7.60. The van der Waals surface area contributed by atoms with Crippen molar-refractivity contribution in [2.24, 2.45) is 0 Å². The standard InChI is InChI=1S/C17H38O3Si4/c1-21-16(11-7-9-13-19-16)23(3,4)15(18)24(5,6)17(22-2)12-8-10-14-20-17/h7-14,21-22H2,1-6H3. The zero-order valence-corrected chi connectivity index (χ0v) is 21.6. The van der Waals surface area contributed by atoms with E-state index in [4.69, 9.17) is 9.47 Å². The van der Waals surface area contributed by atoms with Crippen LogP contribution in [0, 0.1) is 0 Å². The molecule has 2 aliphatic heterocycles. The summed E-state index contributed by atoms with van der Waals surface area (Å²) >= 11 is 0.